The molecule has 0 bridgehead atoms. The van der Waals surface area contributed by atoms with Crippen LogP contribution >= 0.6 is 39.9 Å². The average Bonchev–Trinajstić information content (AvgIpc) is 2.96. The van der Waals surface area contributed by atoms with E-state index < -0.39 is 0 Å². The molecule has 1 aliphatic rings. The van der Waals surface area contributed by atoms with Crippen molar-refractivity contribution in [3.63, 3.8) is 0 Å². The normalized spacial score (nSPS) is 15.0. The molecule has 0 radical (unpaired) electrons. The van der Waals surface area contributed by atoms with Gasteiger partial charge in [0.05, 0.1) is 17.7 Å². The minimum absolute atomic E-state index is 0.0857. The van der Waals surface area contributed by atoms with Gasteiger partial charge in [-0.3, -0.25) is 9.69 Å². The first-order valence-corrected chi connectivity index (χ1v) is 10.7. The van der Waals surface area contributed by atoms with Crippen LogP contribution in [0.2, 0.25) is 0 Å². The molecule has 0 atom stereocenters. The van der Waals surface area contributed by atoms with E-state index in [0.29, 0.717) is 26.3 Å². The maximum absolute atomic E-state index is 13.1. The summed E-state index contributed by atoms with van der Waals surface area (Å²) in [7, 11) is 1.55. The molecule has 0 unspecified atom stereocenters. The van der Waals surface area contributed by atoms with Gasteiger partial charge in [-0.1, -0.05) is 51.9 Å². The number of aryl methyl sites for hydroxylation is 2. The largest absolute Gasteiger partial charge is 0.493 e. The van der Waals surface area contributed by atoms with Crippen LogP contribution in [-0.4, -0.2) is 23.9 Å². The van der Waals surface area contributed by atoms with Crippen molar-refractivity contribution < 1.29 is 14.3 Å². The van der Waals surface area contributed by atoms with Crippen molar-refractivity contribution in [2.75, 3.05) is 18.6 Å². The number of terminal acetylenes is 1. The zero-order valence-corrected chi connectivity index (χ0v) is 19.3. The topological polar surface area (TPSA) is 38.8 Å². The predicted molar refractivity (Wildman–Crippen MR) is 127 cm³/mol. The van der Waals surface area contributed by atoms with Crippen molar-refractivity contribution in [3.05, 3.63) is 56.4 Å². The number of benzene rings is 2. The fraction of sp³-hybridized carbons (Fsp3) is 0.182. The number of thiocarbonyl (C=S) groups is 1. The number of nitrogens with zero attached hydrogens (tertiary/aromatic N) is 1. The molecule has 0 aliphatic carbocycles. The third kappa shape index (κ3) is 4.50. The molecule has 29 heavy (non-hydrogen) atoms. The van der Waals surface area contributed by atoms with E-state index in [1.807, 2.05) is 38.1 Å². The molecule has 0 spiro atoms. The summed E-state index contributed by atoms with van der Waals surface area (Å²) >= 11 is 10.2. The predicted octanol–water partition coefficient (Wildman–Crippen LogP) is 5.49. The molecule has 1 heterocycles. The van der Waals surface area contributed by atoms with Gasteiger partial charge in [0, 0.05) is 10.0 Å². The van der Waals surface area contributed by atoms with Crippen LogP contribution in [0.5, 0.6) is 11.5 Å². The molecule has 3 rings (SSSR count). The van der Waals surface area contributed by atoms with Crippen LogP contribution in [0.15, 0.2) is 39.7 Å². The summed E-state index contributed by atoms with van der Waals surface area (Å²) in [5.41, 5.74) is 3.69. The molecule has 2 aromatic rings. The molecular weight excluding hydrogens is 470 g/mol. The van der Waals surface area contributed by atoms with E-state index in [4.69, 9.17) is 28.1 Å². The zero-order valence-electron chi connectivity index (χ0n) is 16.1. The fourth-order valence-electron chi connectivity index (χ4n) is 2.81. The SMILES string of the molecule is C#CCOc1c(C=C2SC(=S)N(c3ccc(C)c(C)c3)C2=O)cc(Br)cc1OC. The lowest BCUT2D eigenvalue weighted by atomic mass is 10.1. The highest BCUT2D eigenvalue weighted by atomic mass is 79.9. The Morgan fingerprint density at radius 3 is 2.69 bits per heavy atom. The van der Waals surface area contributed by atoms with Gasteiger partial charge in [0.1, 0.15) is 6.61 Å². The summed E-state index contributed by atoms with van der Waals surface area (Å²) in [6, 6.07) is 9.48. The molecule has 1 fully saturated rings. The van der Waals surface area contributed by atoms with Gasteiger partial charge in [0.2, 0.25) is 0 Å². The molecule has 0 aromatic heterocycles. The average molecular weight is 488 g/mol. The maximum atomic E-state index is 13.1. The van der Waals surface area contributed by atoms with Gasteiger partial charge in [-0.05, 0) is 55.3 Å². The Morgan fingerprint density at radius 1 is 1.28 bits per heavy atom. The summed E-state index contributed by atoms with van der Waals surface area (Å²) in [6.45, 7) is 4.12. The van der Waals surface area contributed by atoms with Crippen molar-refractivity contribution in [3.8, 4) is 23.8 Å². The van der Waals surface area contributed by atoms with Crippen molar-refractivity contribution in [1.82, 2.24) is 0 Å². The lowest BCUT2D eigenvalue weighted by Gasteiger charge is -2.16. The van der Waals surface area contributed by atoms with Gasteiger partial charge in [-0.25, -0.2) is 0 Å². The van der Waals surface area contributed by atoms with E-state index in [9.17, 15) is 4.79 Å². The van der Waals surface area contributed by atoms with Gasteiger partial charge in [-0.15, -0.1) is 6.42 Å². The van der Waals surface area contributed by atoms with Gasteiger partial charge < -0.3 is 9.47 Å². The van der Waals surface area contributed by atoms with E-state index in [1.54, 1.807) is 24.2 Å². The Labute approximate surface area is 188 Å². The number of methoxy groups -OCH3 is 1. The molecule has 1 amide bonds. The van der Waals surface area contributed by atoms with Crippen molar-refractivity contribution in [1.29, 1.82) is 0 Å². The standard InChI is InChI=1S/C22H18BrNO3S2/c1-5-8-27-20-15(10-16(23)12-18(20)26-4)11-19-21(25)24(22(28)29-19)17-7-6-13(2)14(3)9-17/h1,6-7,9-12H,8H2,2-4H3. The number of carbonyl (C=O) groups excluding carboxylic acids is 1. The second-order valence-corrected chi connectivity index (χ2v) is 8.90. The number of carbonyl (C=O) groups is 1. The second kappa shape index (κ2) is 9.04. The van der Waals surface area contributed by atoms with Gasteiger partial charge in [0.15, 0.2) is 15.8 Å². The van der Waals surface area contributed by atoms with E-state index in [-0.39, 0.29) is 12.5 Å². The van der Waals surface area contributed by atoms with Crippen LogP contribution in [0.25, 0.3) is 6.08 Å². The molecule has 0 saturated carbocycles. The highest BCUT2D eigenvalue weighted by Gasteiger charge is 2.33. The lowest BCUT2D eigenvalue weighted by molar-refractivity contribution is -0.113. The smallest absolute Gasteiger partial charge is 0.270 e. The van der Waals surface area contributed by atoms with Crippen LogP contribution in [0.3, 0.4) is 0 Å². The summed E-state index contributed by atoms with van der Waals surface area (Å²) in [5, 5.41) is 0. The number of halogens is 1. The highest BCUT2D eigenvalue weighted by molar-refractivity contribution is 9.10. The minimum atomic E-state index is -0.176. The Kier molecular flexibility index (Phi) is 6.68. The van der Waals surface area contributed by atoms with E-state index in [0.717, 1.165) is 21.3 Å². The van der Waals surface area contributed by atoms with Crippen LogP contribution in [0.4, 0.5) is 5.69 Å². The number of amides is 1. The molecule has 148 valence electrons. The summed E-state index contributed by atoms with van der Waals surface area (Å²) in [4.78, 5) is 15.2. The molecular formula is C22H18BrNO3S2. The zero-order chi connectivity index (χ0) is 21.1. The molecule has 2 aromatic carbocycles. The van der Waals surface area contributed by atoms with Crippen LogP contribution in [-0.2, 0) is 4.79 Å². The number of hydrogen-bond acceptors (Lipinski definition) is 5. The minimum Gasteiger partial charge on any atom is -0.493 e. The molecule has 1 saturated heterocycles. The second-order valence-electron chi connectivity index (χ2n) is 6.30. The van der Waals surface area contributed by atoms with Gasteiger partial charge >= 0.3 is 0 Å². The van der Waals surface area contributed by atoms with Crippen LogP contribution < -0.4 is 14.4 Å². The van der Waals surface area contributed by atoms with Crippen molar-refractivity contribution >= 4 is 61.9 Å². The third-order valence-electron chi connectivity index (χ3n) is 4.40. The van der Waals surface area contributed by atoms with Crippen LogP contribution in [0, 0.1) is 26.2 Å². The summed E-state index contributed by atoms with van der Waals surface area (Å²) < 4.78 is 12.4. The quantitative estimate of drug-likeness (QED) is 0.316. The third-order valence-corrected chi connectivity index (χ3v) is 6.16. The first-order chi connectivity index (χ1) is 13.8. The summed E-state index contributed by atoms with van der Waals surface area (Å²) in [5.74, 6) is 3.27. The van der Waals surface area contributed by atoms with E-state index in [1.165, 1.54) is 11.8 Å². The molecule has 0 N–H and O–H groups in total. The number of hydrogen-bond donors (Lipinski definition) is 0. The number of ether oxygens (including phenoxy) is 2. The highest BCUT2D eigenvalue weighted by Crippen LogP contribution is 2.41. The number of rotatable bonds is 5. The lowest BCUT2D eigenvalue weighted by Crippen LogP contribution is -2.27. The Morgan fingerprint density at radius 2 is 2.03 bits per heavy atom. The number of anilines is 1. The first kappa shape index (κ1) is 21.4. The number of thioether (sulfide) groups is 1. The van der Waals surface area contributed by atoms with E-state index >= 15 is 0 Å². The van der Waals surface area contributed by atoms with Gasteiger partial charge in [0.25, 0.3) is 5.91 Å². The van der Waals surface area contributed by atoms with E-state index in [2.05, 4.69) is 21.9 Å². The van der Waals surface area contributed by atoms with Crippen molar-refractivity contribution in [2.24, 2.45) is 0 Å². The summed E-state index contributed by atoms with van der Waals surface area (Å²) in [6.07, 6.45) is 7.08. The van der Waals surface area contributed by atoms with Crippen LogP contribution in [0.1, 0.15) is 16.7 Å². The Hall–Kier alpha value is -2.27. The molecule has 1 aliphatic heterocycles. The Bertz CT molecular complexity index is 1070. The monoisotopic (exact) mass is 487 g/mol. The van der Waals surface area contributed by atoms with Crippen molar-refractivity contribution in [2.45, 2.75) is 13.8 Å². The van der Waals surface area contributed by atoms with Gasteiger partial charge in [-0.2, -0.15) is 0 Å². The fourth-order valence-corrected chi connectivity index (χ4v) is 4.56. The first-order valence-electron chi connectivity index (χ1n) is 8.64. The maximum Gasteiger partial charge on any atom is 0.270 e. The molecule has 4 nitrogen and oxygen atoms in total. The molecule has 7 heteroatoms. The Balaban J connectivity index is 2.02.